The molecular weight excluding hydrogens is 330 g/mol. The zero-order chi connectivity index (χ0) is 18.3. The quantitative estimate of drug-likeness (QED) is 0.761. The number of carbonyl (C=O) groups excluding carboxylic acids is 1. The summed E-state index contributed by atoms with van der Waals surface area (Å²) in [5, 5.41) is 4.58. The van der Waals surface area contributed by atoms with Crippen LogP contribution in [0.2, 0.25) is 0 Å². The van der Waals surface area contributed by atoms with Gasteiger partial charge in [-0.25, -0.2) is 14.6 Å². The van der Waals surface area contributed by atoms with Crippen LogP contribution in [-0.2, 0) is 24.1 Å². The normalized spacial score (nSPS) is 13.3. The Morgan fingerprint density at radius 1 is 1.35 bits per heavy atom. The van der Waals surface area contributed by atoms with Crippen LogP contribution in [0.5, 0.6) is 0 Å². The van der Waals surface area contributed by atoms with Crippen LogP contribution in [0.4, 0.5) is 0 Å². The first-order valence-electron chi connectivity index (χ1n) is 8.83. The number of hydrogen-bond acceptors (Lipinski definition) is 5. The molecule has 0 radical (unpaired) electrons. The highest BCUT2D eigenvalue weighted by atomic mass is 16.3. The number of aromatic nitrogens is 4. The number of benzene rings is 1. The van der Waals surface area contributed by atoms with Crippen LogP contribution in [0, 0.1) is 0 Å². The Bertz CT molecular complexity index is 970. The molecule has 0 fully saturated rings. The van der Waals surface area contributed by atoms with Gasteiger partial charge < -0.3 is 10.2 Å². The lowest BCUT2D eigenvalue weighted by atomic mass is 10.1. The van der Waals surface area contributed by atoms with Gasteiger partial charge in [-0.1, -0.05) is 26.0 Å². The molecule has 0 unspecified atom stereocenters. The number of hydrogen-bond donors (Lipinski definition) is 1. The van der Waals surface area contributed by atoms with Gasteiger partial charge in [0.05, 0.1) is 12.1 Å². The fraction of sp³-hybridized carbons (Fsp3) is 0.368. The Labute approximate surface area is 151 Å². The first-order valence-corrected chi connectivity index (χ1v) is 8.83. The van der Waals surface area contributed by atoms with Crippen molar-refractivity contribution >= 4 is 5.91 Å². The molecule has 0 atom stereocenters. The highest BCUT2D eigenvalue weighted by Gasteiger charge is 2.25. The zero-order valence-corrected chi connectivity index (χ0v) is 14.9. The Morgan fingerprint density at radius 3 is 2.96 bits per heavy atom. The maximum absolute atomic E-state index is 11.4. The van der Waals surface area contributed by atoms with Gasteiger partial charge in [-0.05, 0) is 36.5 Å². The van der Waals surface area contributed by atoms with E-state index in [-0.39, 0.29) is 12.3 Å². The molecule has 4 rings (SSSR count). The molecule has 0 bridgehead atoms. The first-order chi connectivity index (χ1) is 12.5. The lowest BCUT2D eigenvalue weighted by Crippen LogP contribution is -2.14. The van der Waals surface area contributed by atoms with E-state index in [2.05, 4.69) is 21.1 Å². The third-order valence-electron chi connectivity index (χ3n) is 4.66. The van der Waals surface area contributed by atoms with Crippen LogP contribution in [0.25, 0.3) is 17.2 Å². The molecule has 7 heteroatoms. The molecule has 0 saturated heterocycles. The number of fused-ring (bicyclic) bond motifs is 1. The van der Waals surface area contributed by atoms with Crippen LogP contribution < -0.4 is 5.73 Å². The molecule has 1 aromatic carbocycles. The molecule has 1 aliphatic carbocycles. The van der Waals surface area contributed by atoms with Crippen LogP contribution in [0.3, 0.4) is 0 Å². The Kier molecular flexibility index (Phi) is 4.06. The predicted octanol–water partition coefficient (Wildman–Crippen LogP) is 2.56. The fourth-order valence-corrected chi connectivity index (χ4v) is 3.54. The van der Waals surface area contributed by atoms with Gasteiger partial charge in [0.2, 0.25) is 5.91 Å². The predicted molar refractivity (Wildman–Crippen MR) is 95.9 cm³/mol. The number of amides is 1. The average molecular weight is 351 g/mol. The van der Waals surface area contributed by atoms with Gasteiger partial charge in [-0.2, -0.15) is 5.10 Å². The van der Waals surface area contributed by atoms with Gasteiger partial charge in [0.1, 0.15) is 11.5 Å². The Balaban J connectivity index is 1.91. The molecule has 2 aromatic heterocycles. The topological polar surface area (TPSA) is 99.8 Å². The van der Waals surface area contributed by atoms with E-state index in [9.17, 15) is 4.79 Å². The highest BCUT2D eigenvalue weighted by molar-refractivity contribution is 5.76. The first kappa shape index (κ1) is 16.5. The summed E-state index contributed by atoms with van der Waals surface area (Å²) in [6.45, 7) is 4.07. The van der Waals surface area contributed by atoms with Gasteiger partial charge in [0.15, 0.2) is 18.0 Å². The van der Waals surface area contributed by atoms with E-state index in [4.69, 9.17) is 10.2 Å². The summed E-state index contributed by atoms with van der Waals surface area (Å²) >= 11 is 0. The minimum Gasteiger partial charge on any atom is -0.447 e. The van der Waals surface area contributed by atoms with E-state index in [1.165, 1.54) is 17.5 Å². The maximum atomic E-state index is 11.4. The van der Waals surface area contributed by atoms with Gasteiger partial charge in [-0.15, -0.1) is 0 Å². The summed E-state index contributed by atoms with van der Waals surface area (Å²) in [7, 11) is 0. The van der Waals surface area contributed by atoms with Crippen LogP contribution >= 0.6 is 0 Å². The molecule has 0 aliphatic heterocycles. The van der Waals surface area contributed by atoms with E-state index in [1.54, 1.807) is 4.68 Å². The standard InChI is InChI=1S/C19H21N5O2/c1-11(2)18-17(21-10-26-18)19-22-16(9-15(20)25)23-24(19)14-8-4-6-12-5-3-7-13(12)14/h4,6,8,10-11H,3,5,7,9H2,1-2H3,(H2,20,25). The van der Waals surface area contributed by atoms with Crippen LogP contribution in [-0.4, -0.2) is 25.7 Å². The molecule has 134 valence electrons. The van der Waals surface area contributed by atoms with Crippen LogP contribution in [0.15, 0.2) is 29.0 Å². The van der Waals surface area contributed by atoms with Gasteiger partial charge in [-0.3, -0.25) is 4.79 Å². The monoisotopic (exact) mass is 351 g/mol. The number of rotatable bonds is 5. The summed E-state index contributed by atoms with van der Waals surface area (Å²) in [5.41, 5.74) is 9.60. The number of carbonyl (C=O) groups is 1. The minimum absolute atomic E-state index is 0.0100. The lowest BCUT2D eigenvalue weighted by Gasteiger charge is -2.11. The number of nitrogens with zero attached hydrogens (tertiary/aromatic N) is 4. The number of aryl methyl sites for hydroxylation is 1. The summed E-state index contributed by atoms with van der Waals surface area (Å²) in [6.07, 6.45) is 4.62. The second kappa shape index (κ2) is 6.40. The van der Waals surface area contributed by atoms with Crippen molar-refractivity contribution in [2.24, 2.45) is 5.73 Å². The molecule has 2 N–H and O–H groups in total. The van der Waals surface area contributed by atoms with E-state index in [0.717, 1.165) is 30.7 Å². The summed E-state index contributed by atoms with van der Waals surface area (Å²) in [5.74, 6) is 1.41. The summed E-state index contributed by atoms with van der Waals surface area (Å²) in [6, 6.07) is 6.22. The Morgan fingerprint density at radius 2 is 2.19 bits per heavy atom. The highest BCUT2D eigenvalue weighted by Crippen LogP contribution is 2.32. The van der Waals surface area contributed by atoms with Crippen molar-refractivity contribution in [3.05, 3.63) is 47.3 Å². The van der Waals surface area contributed by atoms with E-state index in [0.29, 0.717) is 17.3 Å². The van der Waals surface area contributed by atoms with Crippen molar-refractivity contribution in [2.75, 3.05) is 0 Å². The average Bonchev–Trinajstić information content (AvgIpc) is 3.32. The Hall–Kier alpha value is -2.96. The van der Waals surface area contributed by atoms with Crippen molar-refractivity contribution in [2.45, 2.75) is 45.4 Å². The second-order valence-corrected chi connectivity index (χ2v) is 6.89. The molecule has 26 heavy (non-hydrogen) atoms. The molecular formula is C19H21N5O2. The third kappa shape index (κ3) is 2.79. The molecule has 1 amide bonds. The molecule has 7 nitrogen and oxygen atoms in total. The van der Waals surface area contributed by atoms with Crippen LogP contribution in [0.1, 0.15) is 48.9 Å². The van der Waals surface area contributed by atoms with Crippen molar-refractivity contribution < 1.29 is 9.21 Å². The van der Waals surface area contributed by atoms with Crippen molar-refractivity contribution in [3.8, 4) is 17.2 Å². The largest absolute Gasteiger partial charge is 0.447 e. The molecule has 1 aliphatic rings. The van der Waals surface area contributed by atoms with E-state index in [1.807, 2.05) is 26.0 Å². The zero-order valence-electron chi connectivity index (χ0n) is 14.9. The molecule has 0 saturated carbocycles. The summed E-state index contributed by atoms with van der Waals surface area (Å²) in [4.78, 5) is 20.3. The summed E-state index contributed by atoms with van der Waals surface area (Å²) < 4.78 is 7.35. The smallest absolute Gasteiger partial charge is 0.225 e. The molecule has 0 spiro atoms. The second-order valence-electron chi connectivity index (χ2n) is 6.89. The van der Waals surface area contributed by atoms with Crippen molar-refractivity contribution in [3.63, 3.8) is 0 Å². The van der Waals surface area contributed by atoms with Gasteiger partial charge in [0, 0.05) is 5.92 Å². The van der Waals surface area contributed by atoms with Crippen molar-refractivity contribution in [1.29, 1.82) is 0 Å². The fourth-order valence-electron chi connectivity index (χ4n) is 3.54. The molecule has 3 aromatic rings. The number of primary amides is 1. The van der Waals surface area contributed by atoms with Gasteiger partial charge in [0.25, 0.3) is 0 Å². The number of oxazole rings is 1. The molecule has 2 heterocycles. The maximum Gasteiger partial charge on any atom is 0.225 e. The van der Waals surface area contributed by atoms with E-state index >= 15 is 0 Å². The van der Waals surface area contributed by atoms with Crippen molar-refractivity contribution in [1.82, 2.24) is 19.7 Å². The van der Waals surface area contributed by atoms with Gasteiger partial charge >= 0.3 is 0 Å². The minimum atomic E-state index is -0.462. The third-order valence-corrected chi connectivity index (χ3v) is 4.66. The SMILES string of the molecule is CC(C)c1ocnc1-c1nc(CC(N)=O)nn1-c1cccc2c1CCC2. The van der Waals surface area contributed by atoms with E-state index < -0.39 is 5.91 Å². The lowest BCUT2D eigenvalue weighted by molar-refractivity contribution is -0.117. The number of nitrogens with two attached hydrogens (primary N) is 1.